The second-order valence-electron chi connectivity index (χ2n) is 4.19. The Balaban J connectivity index is 2.93. The van der Waals surface area contributed by atoms with E-state index in [0.29, 0.717) is 15.8 Å². The highest BCUT2D eigenvalue weighted by Gasteiger charge is 2.20. The molecular formula is C14H8BrClN4O2. The summed E-state index contributed by atoms with van der Waals surface area (Å²) in [4.78, 5) is 14.2. The van der Waals surface area contributed by atoms with Crippen LogP contribution in [0.3, 0.4) is 0 Å². The SMILES string of the molecule is COc1c(Cl)cc(-c2c(C#N)c(N)[nH]c(=O)c2C#N)cc1Br. The summed E-state index contributed by atoms with van der Waals surface area (Å²) in [7, 11) is 1.46. The summed E-state index contributed by atoms with van der Waals surface area (Å²) in [6.45, 7) is 0. The minimum atomic E-state index is -0.669. The fraction of sp³-hybridized carbons (Fsp3) is 0.0714. The minimum absolute atomic E-state index is 0.00397. The van der Waals surface area contributed by atoms with Crippen molar-refractivity contribution in [2.24, 2.45) is 0 Å². The van der Waals surface area contributed by atoms with Crippen molar-refractivity contribution in [3.05, 3.63) is 43.1 Å². The molecule has 0 aliphatic carbocycles. The standard InChI is InChI=1S/C14H8BrClN4O2/c1-22-12-9(15)2-6(3-10(12)16)11-7(4-17)13(19)20-14(21)8(11)5-18/h2-3H,1H3,(H3,19,20,21). The number of rotatable bonds is 2. The quantitative estimate of drug-likeness (QED) is 0.832. The third kappa shape index (κ3) is 2.52. The predicted octanol–water partition coefficient (Wildman–Crippen LogP) is 2.79. The van der Waals surface area contributed by atoms with Crippen LogP contribution in [0, 0.1) is 22.7 Å². The number of anilines is 1. The van der Waals surface area contributed by atoms with Crippen LogP contribution in [0.2, 0.25) is 5.02 Å². The number of pyridine rings is 1. The van der Waals surface area contributed by atoms with Gasteiger partial charge in [-0.2, -0.15) is 10.5 Å². The smallest absolute Gasteiger partial charge is 0.268 e. The maximum atomic E-state index is 11.9. The van der Waals surface area contributed by atoms with Crippen molar-refractivity contribution in [3.8, 4) is 29.0 Å². The Hall–Kier alpha value is -2.48. The topological polar surface area (TPSA) is 116 Å². The molecule has 1 heterocycles. The monoisotopic (exact) mass is 378 g/mol. The average molecular weight is 380 g/mol. The number of nitrogens with one attached hydrogen (secondary N) is 1. The first-order chi connectivity index (χ1) is 10.4. The first kappa shape index (κ1) is 15.9. The lowest BCUT2D eigenvalue weighted by Crippen LogP contribution is -2.16. The van der Waals surface area contributed by atoms with E-state index >= 15 is 0 Å². The lowest BCUT2D eigenvalue weighted by Gasteiger charge is -2.12. The number of hydrogen-bond acceptors (Lipinski definition) is 5. The number of nitrogens with two attached hydrogens (primary N) is 1. The van der Waals surface area contributed by atoms with Gasteiger partial charge in [-0.1, -0.05) is 11.6 Å². The van der Waals surface area contributed by atoms with Gasteiger partial charge in [0.25, 0.3) is 5.56 Å². The number of hydrogen-bond donors (Lipinski definition) is 2. The van der Waals surface area contributed by atoms with E-state index in [0.717, 1.165) is 0 Å². The van der Waals surface area contributed by atoms with E-state index in [9.17, 15) is 15.3 Å². The number of nitrogen functional groups attached to an aromatic ring is 1. The number of nitriles is 2. The molecule has 1 aromatic carbocycles. The summed E-state index contributed by atoms with van der Waals surface area (Å²) in [6, 6.07) is 6.79. The van der Waals surface area contributed by atoms with E-state index in [1.54, 1.807) is 12.1 Å². The minimum Gasteiger partial charge on any atom is -0.494 e. The van der Waals surface area contributed by atoms with Crippen molar-refractivity contribution in [2.75, 3.05) is 12.8 Å². The van der Waals surface area contributed by atoms with Crippen LogP contribution in [0.25, 0.3) is 11.1 Å². The number of methoxy groups -OCH3 is 1. The van der Waals surface area contributed by atoms with Crippen LogP contribution in [0.4, 0.5) is 5.82 Å². The molecule has 2 aromatic rings. The molecule has 22 heavy (non-hydrogen) atoms. The molecule has 0 spiro atoms. The van der Waals surface area contributed by atoms with Crippen molar-refractivity contribution >= 4 is 33.3 Å². The largest absolute Gasteiger partial charge is 0.494 e. The molecular weight excluding hydrogens is 372 g/mol. The second kappa shape index (κ2) is 6.10. The van der Waals surface area contributed by atoms with Gasteiger partial charge < -0.3 is 15.5 Å². The van der Waals surface area contributed by atoms with Gasteiger partial charge in [0.05, 0.1) is 16.6 Å². The van der Waals surface area contributed by atoms with Crippen LogP contribution < -0.4 is 16.0 Å². The first-order valence-electron chi connectivity index (χ1n) is 5.84. The Labute approximate surface area is 138 Å². The Morgan fingerprint density at radius 2 is 1.95 bits per heavy atom. The van der Waals surface area contributed by atoms with E-state index in [2.05, 4.69) is 20.9 Å². The van der Waals surface area contributed by atoms with Crippen molar-refractivity contribution in [1.82, 2.24) is 4.98 Å². The molecule has 110 valence electrons. The number of aromatic nitrogens is 1. The molecule has 0 aliphatic rings. The summed E-state index contributed by atoms with van der Waals surface area (Å²) in [5.74, 6) is 0.296. The molecule has 0 saturated heterocycles. The first-order valence-corrected chi connectivity index (χ1v) is 7.01. The highest BCUT2D eigenvalue weighted by atomic mass is 79.9. The Morgan fingerprint density at radius 3 is 2.45 bits per heavy atom. The molecule has 0 unspecified atom stereocenters. The maximum absolute atomic E-state index is 11.9. The van der Waals surface area contributed by atoms with E-state index in [4.69, 9.17) is 22.1 Å². The van der Waals surface area contributed by atoms with Gasteiger partial charge >= 0.3 is 0 Å². The second-order valence-corrected chi connectivity index (χ2v) is 5.45. The summed E-state index contributed by atoms with van der Waals surface area (Å²) < 4.78 is 5.64. The number of nitrogens with zero attached hydrogens (tertiary/aromatic N) is 2. The number of benzene rings is 1. The van der Waals surface area contributed by atoms with Crippen LogP contribution in [-0.2, 0) is 0 Å². The predicted molar refractivity (Wildman–Crippen MR) is 85.6 cm³/mol. The van der Waals surface area contributed by atoms with Gasteiger partial charge in [0.15, 0.2) is 5.75 Å². The van der Waals surface area contributed by atoms with E-state index < -0.39 is 5.56 Å². The van der Waals surface area contributed by atoms with Gasteiger partial charge in [0.1, 0.15) is 29.1 Å². The van der Waals surface area contributed by atoms with E-state index in [1.807, 2.05) is 6.07 Å². The normalized spacial score (nSPS) is 9.86. The molecule has 0 bridgehead atoms. The van der Waals surface area contributed by atoms with Gasteiger partial charge in [-0.15, -0.1) is 0 Å². The third-order valence-corrected chi connectivity index (χ3v) is 3.83. The molecule has 0 saturated carbocycles. The fourth-order valence-electron chi connectivity index (χ4n) is 2.03. The van der Waals surface area contributed by atoms with Crippen molar-refractivity contribution in [2.45, 2.75) is 0 Å². The molecule has 2 rings (SSSR count). The molecule has 3 N–H and O–H groups in total. The van der Waals surface area contributed by atoms with Crippen LogP contribution in [0.15, 0.2) is 21.4 Å². The zero-order valence-corrected chi connectivity index (χ0v) is 13.5. The summed E-state index contributed by atoms with van der Waals surface area (Å²) in [6.07, 6.45) is 0. The maximum Gasteiger partial charge on any atom is 0.268 e. The van der Waals surface area contributed by atoms with Crippen LogP contribution in [-0.4, -0.2) is 12.1 Å². The Kier molecular flexibility index (Phi) is 4.41. The lowest BCUT2D eigenvalue weighted by atomic mass is 9.96. The number of halogens is 2. The molecule has 0 atom stereocenters. The van der Waals surface area contributed by atoms with Crippen molar-refractivity contribution in [3.63, 3.8) is 0 Å². The van der Waals surface area contributed by atoms with Crippen LogP contribution >= 0.6 is 27.5 Å². The molecule has 6 nitrogen and oxygen atoms in total. The summed E-state index contributed by atoms with van der Waals surface area (Å²) in [5, 5.41) is 18.8. The van der Waals surface area contributed by atoms with Gasteiger partial charge in [0, 0.05) is 5.56 Å². The summed E-state index contributed by atoms with van der Waals surface area (Å²) >= 11 is 9.41. The van der Waals surface area contributed by atoms with Gasteiger partial charge in [0.2, 0.25) is 0 Å². The Bertz CT molecular complexity index is 886. The van der Waals surface area contributed by atoms with E-state index in [1.165, 1.54) is 13.2 Å². The van der Waals surface area contributed by atoms with Gasteiger partial charge in [-0.3, -0.25) is 4.79 Å². The molecule has 0 amide bonds. The Morgan fingerprint density at radius 1 is 1.32 bits per heavy atom. The van der Waals surface area contributed by atoms with E-state index in [-0.39, 0.29) is 27.5 Å². The molecule has 8 heteroatoms. The molecule has 1 aromatic heterocycles. The highest BCUT2D eigenvalue weighted by molar-refractivity contribution is 9.10. The highest BCUT2D eigenvalue weighted by Crippen LogP contribution is 2.39. The van der Waals surface area contributed by atoms with Crippen molar-refractivity contribution < 1.29 is 4.74 Å². The number of ether oxygens (including phenoxy) is 1. The van der Waals surface area contributed by atoms with Crippen molar-refractivity contribution in [1.29, 1.82) is 10.5 Å². The third-order valence-electron chi connectivity index (χ3n) is 2.96. The molecule has 0 radical (unpaired) electrons. The van der Waals surface area contributed by atoms with Gasteiger partial charge in [-0.05, 0) is 33.6 Å². The lowest BCUT2D eigenvalue weighted by molar-refractivity contribution is 0.412. The van der Waals surface area contributed by atoms with Crippen LogP contribution in [0.5, 0.6) is 5.75 Å². The zero-order valence-electron chi connectivity index (χ0n) is 11.2. The molecule has 0 aliphatic heterocycles. The molecule has 0 fully saturated rings. The summed E-state index contributed by atoms with van der Waals surface area (Å²) in [5.41, 5.74) is 5.34. The van der Waals surface area contributed by atoms with Crippen LogP contribution in [0.1, 0.15) is 11.1 Å². The average Bonchev–Trinajstić information content (AvgIpc) is 2.46. The fourth-order valence-corrected chi connectivity index (χ4v) is 3.06. The zero-order chi connectivity index (χ0) is 16.4. The number of H-pyrrole nitrogens is 1. The van der Waals surface area contributed by atoms with Gasteiger partial charge in [-0.25, -0.2) is 0 Å². The number of aromatic amines is 1.